The van der Waals surface area contributed by atoms with Gasteiger partial charge in [0.1, 0.15) is 0 Å². The van der Waals surface area contributed by atoms with Crippen molar-refractivity contribution in [3.05, 3.63) is 24.5 Å². The summed E-state index contributed by atoms with van der Waals surface area (Å²) in [5.74, 6) is 0. The lowest BCUT2D eigenvalue weighted by molar-refractivity contribution is -0.378. The number of nitrogens with one attached hydrogen (secondary N) is 1. The van der Waals surface area contributed by atoms with Gasteiger partial charge in [-0.25, -0.2) is 9.19 Å². The minimum absolute atomic E-state index is 0.249. The SMILES string of the molecule is O=S(c1cc[nH+]cc1)C(F)(F)F. The number of pyridine rings is 1. The highest BCUT2D eigenvalue weighted by atomic mass is 32.2. The van der Waals surface area contributed by atoms with Crippen LogP contribution < -0.4 is 4.98 Å². The zero-order valence-corrected chi connectivity index (χ0v) is 6.58. The first-order chi connectivity index (χ1) is 5.52. The van der Waals surface area contributed by atoms with E-state index in [0.29, 0.717) is 0 Å². The average Bonchev–Trinajstić information content (AvgIpc) is 2.03. The Balaban J connectivity index is 2.94. The molecule has 1 atom stereocenters. The predicted octanol–water partition coefficient (Wildman–Crippen LogP) is 1.13. The first-order valence-corrected chi connectivity index (χ1v) is 4.11. The third-order valence-corrected chi connectivity index (χ3v) is 2.23. The first kappa shape index (κ1) is 9.18. The van der Waals surface area contributed by atoms with E-state index in [4.69, 9.17) is 0 Å². The molecule has 0 saturated carbocycles. The maximum atomic E-state index is 11.8. The summed E-state index contributed by atoms with van der Waals surface area (Å²) in [4.78, 5) is 2.29. The van der Waals surface area contributed by atoms with Crippen molar-refractivity contribution in [1.82, 2.24) is 0 Å². The number of alkyl halides is 3. The van der Waals surface area contributed by atoms with Crippen molar-refractivity contribution in [2.45, 2.75) is 10.4 Å². The van der Waals surface area contributed by atoms with Crippen molar-refractivity contribution in [2.24, 2.45) is 0 Å². The molecule has 1 aromatic rings. The van der Waals surface area contributed by atoms with Gasteiger partial charge in [-0.2, -0.15) is 13.2 Å². The van der Waals surface area contributed by atoms with Gasteiger partial charge in [0.2, 0.25) is 0 Å². The normalized spacial score (nSPS) is 14.2. The van der Waals surface area contributed by atoms with E-state index < -0.39 is 16.3 Å². The van der Waals surface area contributed by atoms with Gasteiger partial charge in [0.15, 0.2) is 23.2 Å². The Bertz CT molecular complexity index is 285. The molecule has 0 aliphatic rings. The molecule has 2 nitrogen and oxygen atoms in total. The molecule has 0 amide bonds. The van der Waals surface area contributed by atoms with Crippen LogP contribution in [0.2, 0.25) is 0 Å². The van der Waals surface area contributed by atoms with Crippen molar-refractivity contribution < 1.29 is 22.4 Å². The van der Waals surface area contributed by atoms with Crippen molar-refractivity contribution in [2.75, 3.05) is 0 Å². The summed E-state index contributed by atoms with van der Waals surface area (Å²) in [5, 5.41) is 0. The summed E-state index contributed by atoms with van der Waals surface area (Å²) in [6.45, 7) is 0. The van der Waals surface area contributed by atoms with Crippen LogP contribution in [-0.4, -0.2) is 9.72 Å². The minimum atomic E-state index is -4.68. The lowest BCUT2D eigenvalue weighted by Gasteiger charge is -2.03. The van der Waals surface area contributed by atoms with Gasteiger partial charge in [-0.15, -0.1) is 0 Å². The van der Waals surface area contributed by atoms with Crippen LogP contribution in [0.4, 0.5) is 13.2 Å². The molecule has 0 saturated heterocycles. The molecule has 0 spiro atoms. The molecule has 6 heteroatoms. The maximum absolute atomic E-state index is 11.8. The minimum Gasteiger partial charge on any atom is -0.245 e. The van der Waals surface area contributed by atoms with Gasteiger partial charge in [0, 0.05) is 12.1 Å². The van der Waals surface area contributed by atoms with Crippen LogP contribution in [0, 0.1) is 0 Å². The molecule has 1 unspecified atom stereocenters. The van der Waals surface area contributed by atoms with E-state index in [1.54, 1.807) is 0 Å². The number of H-pyrrole nitrogens is 1. The number of rotatable bonds is 1. The third-order valence-electron chi connectivity index (χ3n) is 1.11. The van der Waals surface area contributed by atoms with Crippen LogP contribution in [0.25, 0.3) is 0 Å². The molecule has 0 aliphatic carbocycles. The number of hydrogen-bond acceptors (Lipinski definition) is 1. The van der Waals surface area contributed by atoms with Crippen LogP contribution in [0.5, 0.6) is 0 Å². The topological polar surface area (TPSA) is 31.2 Å². The Morgan fingerprint density at radius 1 is 1.25 bits per heavy atom. The molecule has 0 aromatic carbocycles. The van der Waals surface area contributed by atoms with Gasteiger partial charge >= 0.3 is 5.51 Å². The maximum Gasteiger partial charge on any atom is 0.475 e. The van der Waals surface area contributed by atoms with E-state index >= 15 is 0 Å². The van der Waals surface area contributed by atoms with Gasteiger partial charge in [-0.3, -0.25) is 0 Å². The standard InChI is InChI=1S/C6H4F3NOS/c7-6(8,9)12(11)5-1-3-10-4-2-5/h1-4H/p+1. The first-order valence-electron chi connectivity index (χ1n) is 2.96. The van der Waals surface area contributed by atoms with Gasteiger partial charge in [0.05, 0.1) is 4.90 Å². The van der Waals surface area contributed by atoms with Gasteiger partial charge in [-0.05, 0) is 0 Å². The van der Waals surface area contributed by atoms with Crippen molar-refractivity contribution in [1.29, 1.82) is 0 Å². The highest BCUT2D eigenvalue weighted by molar-refractivity contribution is 7.86. The number of aromatic amines is 1. The fraction of sp³-hybridized carbons (Fsp3) is 0.167. The Labute approximate surface area is 68.9 Å². The Morgan fingerprint density at radius 2 is 1.75 bits per heavy atom. The van der Waals surface area contributed by atoms with Crippen LogP contribution >= 0.6 is 0 Å². The molecule has 0 radical (unpaired) electrons. The molecule has 12 heavy (non-hydrogen) atoms. The van der Waals surface area contributed by atoms with E-state index in [-0.39, 0.29) is 4.90 Å². The molecule has 1 heterocycles. The Morgan fingerprint density at radius 3 is 2.17 bits per heavy atom. The van der Waals surface area contributed by atoms with Crippen molar-refractivity contribution in [3.63, 3.8) is 0 Å². The Kier molecular flexibility index (Phi) is 2.46. The van der Waals surface area contributed by atoms with Crippen molar-refractivity contribution in [3.8, 4) is 0 Å². The van der Waals surface area contributed by atoms with Crippen LogP contribution in [0.1, 0.15) is 0 Å². The Hall–Kier alpha value is -0.910. The van der Waals surface area contributed by atoms with Gasteiger partial charge in [0.25, 0.3) is 0 Å². The summed E-state index contributed by atoms with van der Waals surface area (Å²) in [5.41, 5.74) is -4.68. The van der Waals surface area contributed by atoms with E-state index in [1.165, 1.54) is 12.4 Å². The summed E-state index contributed by atoms with van der Waals surface area (Å²) in [6.07, 6.45) is 2.58. The quantitative estimate of drug-likeness (QED) is 0.662. The molecular weight excluding hydrogens is 191 g/mol. The van der Waals surface area contributed by atoms with E-state index in [1.807, 2.05) is 0 Å². The molecule has 1 N–H and O–H groups in total. The van der Waals surface area contributed by atoms with Crippen molar-refractivity contribution >= 4 is 10.8 Å². The largest absolute Gasteiger partial charge is 0.475 e. The zero-order valence-electron chi connectivity index (χ0n) is 5.76. The van der Waals surface area contributed by atoms with Crippen LogP contribution in [0.15, 0.2) is 29.4 Å². The number of halogens is 3. The second-order valence-corrected chi connectivity index (χ2v) is 3.42. The van der Waals surface area contributed by atoms with E-state index in [2.05, 4.69) is 4.98 Å². The third kappa shape index (κ3) is 2.04. The monoisotopic (exact) mass is 196 g/mol. The highest BCUT2D eigenvalue weighted by Crippen LogP contribution is 2.25. The summed E-state index contributed by atoms with van der Waals surface area (Å²) in [7, 11) is -2.92. The molecule has 1 rings (SSSR count). The van der Waals surface area contributed by atoms with Crippen LogP contribution in [0.3, 0.4) is 0 Å². The smallest absolute Gasteiger partial charge is 0.245 e. The lowest BCUT2D eigenvalue weighted by Crippen LogP contribution is -2.16. The van der Waals surface area contributed by atoms with Gasteiger partial charge < -0.3 is 0 Å². The molecule has 0 fully saturated rings. The summed E-state index contributed by atoms with van der Waals surface area (Å²) < 4.78 is 46.1. The van der Waals surface area contributed by atoms with Crippen LogP contribution in [-0.2, 0) is 10.8 Å². The highest BCUT2D eigenvalue weighted by Gasteiger charge is 2.38. The lowest BCUT2D eigenvalue weighted by atomic mass is 10.5. The number of aromatic nitrogens is 1. The summed E-state index contributed by atoms with van der Waals surface area (Å²) >= 11 is 0. The summed E-state index contributed by atoms with van der Waals surface area (Å²) in [6, 6.07) is 2.26. The fourth-order valence-corrected chi connectivity index (χ4v) is 1.28. The molecule has 0 aliphatic heterocycles. The zero-order chi connectivity index (χ0) is 9.19. The predicted molar refractivity (Wildman–Crippen MR) is 35.5 cm³/mol. The second-order valence-electron chi connectivity index (χ2n) is 1.95. The fourth-order valence-electron chi connectivity index (χ4n) is 0.629. The van der Waals surface area contributed by atoms with E-state index in [0.717, 1.165) is 12.1 Å². The molecule has 1 aromatic heterocycles. The molecular formula is C6H5F3NOS+. The molecule has 66 valence electrons. The average molecular weight is 196 g/mol. The number of hydrogen-bond donors (Lipinski definition) is 0. The molecule has 0 bridgehead atoms. The van der Waals surface area contributed by atoms with Gasteiger partial charge in [-0.1, -0.05) is 0 Å². The van der Waals surface area contributed by atoms with E-state index in [9.17, 15) is 17.4 Å². The second kappa shape index (κ2) is 3.22.